The molecule has 6 nitrogen and oxygen atoms in total. The van der Waals surface area contributed by atoms with Gasteiger partial charge in [-0.25, -0.2) is 19.9 Å². The van der Waals surface area contributed by atoms with E-state index in [1.54, 1.807) is 11.3 Å². The van der Waals surface area contributed by atoms with Crippen LogP contribution >= 0.6 is 11.3 Å². The van der Waals surface area contributed by atoms with Crippen molar-refractivity contribution in [3.8, 4) is 45.6 Å². The largest absolute Gasteiger partial charge is 0.456 e. The van der Waals surface area contributed by atoms with Crippen molar-refractivity contribution in [3.05, 3.63) is 133 Å². The van der Waals surface area contributed by atoms with Gasteiger partial charge in [0.25, 0.3) is 0 Å². The van der Waals surface area contributed by atoms with Crippen LogP contribution in [0.25, 0.3) is 98.8 Å². The first-order valence-electron chi connectivity index (χ1n) is 15.3. The Morgan fingerprint density at radius 2 is 1.09 bits per heavy atom. The number of oxazole rings is 1. The predicted octanol–water partition coefficient (Wildman–Crippen LogP) is 10.9. The van der Waals surface area contributed by atoms with E-state index in [4.69, 9.17) is 28.8 Å². The van der Waals surface area contributed by atoms with Crippen LogP contribution in [0.15, 0.2) is 142 Å². The first kappa shape index (κ1) is 26.1. The highest BCUT2D eigenvalue weighted by atomic mass is 32.1. The lowest BCUT2D eigenvalue weighted by Gasteiger charge is -2.10. The van der Waals surface area contributed by atoms with Gasteiger partial charge in [-0.05, 0) is 36.4 Å². The Balaban J connectivity index is 1.28. The van der Waals surface area contributed by atoms with Gasteiger partial charge in [-0.3, -0.25) is 0 Å². The monoisotopic (exact) mass is 622 g/mol. The molecule has 0 aliphatic heterocycles. The molecule has 0 saturated carbocycles. The normalized spacial score (nSPS) is 11.8. The molecular weight excluding hydrogens is 601 g/mol. The average molecular weight is 623 g/mol. The van der Waals surface area contributed by atoms with Gasteiger partial charge < -0.3 is 8.83 Å². The van der Waals surface area contributed by atoms with Crippen molar-refractivity contribution in [1.29, 1.82) is 0 Å². The molecule has 0 bridgehead atoms. The average Bonchev–Trinajstić information content (AvgIpc) is 3.84. The number of rotatable bonds is 4. The van der Waals surface area contributed by atoms with Gasteiger partial charge >= 0.3 is 0 Å². The first-order chi connectivity index (χ1) is 23.3. The SMILES string of the molecule is c1ccc(-c2nc(-c3ccc4c(c3)oc3ccccc34)nc(-c3c4nc(-c5ccccc5)oc4cc4sc5ccccc5c34)n2)cc1. The van der Waals surface area contributed by atoms with Crippen LogP contribution in [-0.2, 0) is 0 Å². The molecule has 4 heterocycles. The second-order valence-electron chi connectivity index (χ2n) is 11.4. The van der Waals surface area contributed by atoms with Gasteiger partial charge in [0.05, 0.1) is 5.56 Å². The van der Waals surface area contributed by atoms with Crippen LogP contribution in [0, 0.1) is 0 Å². The highest BCUT2D eigenvalue weighted by Crippen LogP contribution is 2.44. The Morgan fingerprint density at radius 3 is 1.91 bits per heavy atom. The molecule has 220 valence electrons. The van der Waals surface area contributed by atoms with Crippen molar-refractivity contribution in [2.24, 2.45) is 0 Å². The fraction of sp³-hybridized carbons (Fsp3) is 0. The molecular formula is C40H22N4O2S. The van der Waals surface area contributed by atoms with Gasteiger partial charge in [-0.1, -0.05) is 91.0 Å². The molecule has 0 N–H and O–H groups in total. The van der Waals surface area contributed by atoms with Gasteiger partial charge in [0.2, 0.25) is 5.89 Å². The maximum Gasteiger partial charge on any atom is 0.227 e. The van der Waals surface area contributed by atoms with Gasteiger partial charge in [-0.15, -0.1) is 11.3 Å². The minimum Gasteiger partial charge on any atom is -0.456 e. The number of aromatic nitrogens is 4. The molecule has 0 fully saturated rings. The van der Waals surface area contributed by atoms with E-state index in [0.29, 0.717) is 34.5 Å². The molecule has 0 unspecified atom stereocenters. The summed E-state index contributed by atoms with van der Waals surface area (Å²) in [5, 5.41) is 4.30. The molecule has 7 heteroatoms. The van der Waals surface area contributed by atoms with Gasteiger partial charge in [0.15, 0.2) is 23.1 Å². The molecule has 0 atom stereocenters. The summed E-state index contributed by atoms with van der Waals surface area (Å²) in [4.78, 5) is 20.4. The maximum absolute atomic E-state index is 6.44. The van der Waals surface area contributed by atoms with Crippen LogP contribution in [0.5, 0.6) is 0 Å². The van der Waals surface area contributed by atoms with E-state index < -0.39 is 0 Å². The maximum atomic E-state index is 6.44. The third-order valence-corrected chi connectivity index (χ3v) is 9.69. The van der Waals surface area contributed by atoms with E-state index in [1.165, 1.54) is 4.70 Å². The molecule has 0 aliphatic rings. The summed E-state index contributed by atoms with van der Waals surface area (Å²) < 4.78 is 14.9. The lowest BCUT2D eigenvalue weighted by molar-refractivity contribution is 0.620. The zero-order chi connectivity index (χ0) is 30.9. The smallest absolute Gasteiger partial charge is 0.227 e. The van der Waals surface area contributed by atoms with E-state index in [2.05, 4.69) is 48.5 Å². The second kappa shape index (κ2) is 10.2. The van der Waals surface area contributed by atoms with Crippen molar-refractivity contribution < 1.29 is 8.83 Å². The van der Waals surface area contributed by atoms with Crippen LogP contribution in [0.4, 0.5) is 0 Å². The standard InChI is InChI=1S/C40H22N4O2S/c1-3-11-23(12-4-1)37-42-38(25-19-20-27-26-15-7-9-17-29(26)45-30(27)21-25)44-39(43-37)35-34-28-16-8-10-18-32(28)47-33(34)22-31-36(35)41-40(46-31)24-13-5-2-6-14-24/h1-22H. The summed E-state index contributed by atoms with van der Waals surface area (Å²) >= 11 is 1.72. The molecule has 10 rings (SSSR count). The summed E-state index contributed by atoms with van der Waals surface area (Å²) in [6, 6.07) is 44.7. The van der Waals surface area contributed by atoms with E-state index in [-0.39, 0.29) is 0 Å². The highest BCUT2D eigenvalue weighted by molar-refractivity contribution is 7.26. The first-order valence-corrected chi connectivity index (χ1v) is 16.1. The van der Waals surface area contributed by atoms with E-state index in [0.717, 1.165) is 59.7 Å². The molecule has 0 radical (unpaired) electrons. The summed E-state index contributed by atoms with van der Waals surface area (Å²) in [5.74, 6) is 2.21. The third kappa shape index (κ3) is 4.17. The molecule has 0 amide bonds. The number of para-hydroxylation sites is 1. The van der Waals surface area contributed by atoms with Gasteiger partial charge in [0, 0.05) is 53.7 Å². The lowest BCUT2D eigenvalue weighted by atomic mass is 10.0. The Labute approximate surface area is 271 Å². The summed E-state index contributed by atoms with van der Waals surface area (Å²) in [6.45, 7) is 0. The van der Waals surface area contributed by atoms with Crippen LogP contribution in [0.1, 0.15) is 0 Å². The molecule has 0 saturated heterocycles. The number of fused-ring (bicyclic) bond motifs is 7. The molecule has 6 aromatic carbocycles. The van der Waals surface area contributed by atoms with E-state index in [9.17, 15) is 0 Å². The predicted molar refractivity (Wildman–Crippen MR) is 189 cm³/mol. The number of hydrogen-bond donors (Lipinski definition) is 0. The van der Waals surface area contributed by atoms with Gasteiger partial charge in [-0.2, -0.15) is 0 Å². The Hall–Kier alpha value is -6.18. The minimum atomic E-state index is 0.533. The minimum absolute atomic E-state index is 0.533. The van der Waals surface area contributed by atoms with Crippen LogP contribution < -0.4 is 0 Å². The zero-order valence-corrected chi connectivity index (χ0v) is 25.5. The zero-order valence-electron chi connectivity index (χ0n) is 24.7. The fourth-order valence-electron chi connectivity index (χ4n) is 6.39. The van der Waals surface area contributed by atoms with Crippen molar-refractivity contribution in [3.63, 3.8) is 0 Å². The lowest BCUT2D eigenvalue weighted by Crippen LogP contribution is -2.01. The number of hydrogen-bond acceptors (Lipinski definition) is 7. The van der Waals surface area contributed by atoms with Crippen LogP contribution in [0.2, 0.25) is 0 Å². The molecule has 10 aromatic rings. The Kier molecular flexibility index (Phi) is 5.64. The topological polar surface area (TPSA) is 77.8 Å². The van der Waals surface area contributed by atoms with Crippen LogP contribution in [0.3, 0.4) is 0 Å². The summed E-state index contributed by atoms with van der Waals surface area (Å²) in [6.07, 6.45) is 0. The quantitative estimate of drug-likeness (QED) is 0.194. The summed E-state index contributed by atoms with van der Waals surface area (Å²) in [7, 11) is 0. The third-order valence-electron chi connectivity index (χ3n) is 8.57. The Morgan fingerprint density at radius 1 is 0.426 bits per heavy atom. The number of nitrogens with zero attached hydrogens (tertiary/aromatic N) is 4. The second-order valence-corrected chi connectivity index (χ2v) is 12.5. The number of benzene rings is 6. The Bertz CT molecular complexity index is 2800. The number of furan rings is 1. The van der Waals surface area contributed by atoms with Gasteiger partial charge in [0.1, 0.15) is 16.7 Å². The molecule has 4 aromatic heterocycles. The fourth-order valence-corrected chi connectivity index (χ4v) is 7.53. The van der Waals surface area contributed by atoms with Crippen molar-refractivity contribution >= 4 is 64.5 Å². The molecule has 0 aliphatic carbocycles. The van der Waals surface area contributed by atoms with Crippen LogP contribution in [-0.4, -0.2) is 19.9 Å². The molecule has 0 spiro atoms. The molecule has 47 heavy (non-hydrogen) atoms. The van der Waals surface area contributed by atoms with Crippen molar-refractivity contribution in [2.75, 3.05) is 0 Å². The van der Waals surface area contributed by atoms with Crippen molar-refractivity contribution in [1.82, 2.24) is 19.9 Å². The van der Waals surface area contributed by atoms with E-state index in [1.807, 2.05) is 84.9 Å². The number of thiophene rings is 1. The highest BCUT2D eigenvalue weighted by Gasteiger charge is 2.24. The van der Waals surface area contributed by atoms with Crippen molar-refractivity contribution in [2.45, 2.75) is 0 Å². The summed E-state index contributed by atoms with van der Waals surface area (Å²) in [5.41, 5.74) is 6.49. The van der Waals surface area contributed by atoms with E-state index >= 15 is 0 Å².